The molecule has 3 aromatic rings. The highest BCUT2D eigenvalue weighted by molar-refractivity contribution is 7.20. The number of benzene rings is 1. The minimum absolute atomic E-state index is 0.0381. The summed E-state index contributed by atoms with van der Waals surface area (Å²) in [6, 6.07) is 7.71. The average molecular weight is 401 g/mol. The standard InChI is InChI=1S/C21H21ClN2O2S/c1-11-16-17(14-6-7-14)19(27-21(16)24-12(2)18(11)22)20(25)23-10-13-4-8-15(26-3)9-5-13/h4-5,8-9,14H,6-7,10H2,1-3H3,(H,23,25). The Labute approximate surface area is 167 Å². The highest BCUT2D eigenvalue weighted by Crippen LogP contribution is 2.49. The Hall–Kier alpha value is -2.11. The summed E-state index contributed by atoms with van der Waals surface area (Å²) in [7, 11) is 1.64. The molecule has 1 saturated carbocycles. The number of aryl methyl sites for hydroxylation is 2. The van der Waals surface area contributed by atoms with Crippen LogP contribution in [0.4, 0.5) is 0 Å². The molecule has 0 radical (unpaired) electrons. The molecule has 4 rings (SSSR count). The number of methoxy groups -OCH3 is 1. The van der Waals surface area contributed by atoms with Gasteiger partial charge in [-0.1, -0.05) is 23.7 Å². The van der Waals surface area contributed by atoms with Gasteiger partial charge in [0.05, 0.1) is 22.7 Å². The van der Waals surface area contributed by atoms with Crippen LogP contribution in [0.15, 0.2) is 24.3 Å². The second-order valence-corrected chi connectivity index (χ2v) is 8.34. The fraction of sp³-hybridized carbons (Fsp3) is 0.333. The van der Waals surface area contributed by atoms with Gasteiger partial charge in [-0.05, 0) is 61.4 Å². The molecule has 0 bridgehead atoms. The van der Waals surface area contributed by atoms with E-state index in [-0.39, 0.29) is 5.91 Å². The zero-order valence-electron chi connectivity index (χ0n) is 15.6. The number of carbonyl (C=O) groups is 1. The van der Waals surface area contributed by atoms with Crippen LogP contribution in [0, 0.1) is 13.8 Å². The van der Waals surface area contributed by atoms with Crippen LogP contribution in [-0.4, -0.2) is 18.0 Å². The average Bonchev–Trinajstić information content (AvgIpc) is 3.45. The normalized spacial score (nSPS) is 13.8. The van der Waals surface area contributed by atoms with E-state index in [9.17, 15) is 4.79 Å². The van der Waals surface area contributed by atoms with Crippen LogP contribution in [0.2, 0.25) is 5.02 Å². The Morgan fingerprint density at radius 1 is 1.30 bits per heavy atom. The number of carbonyl (C=O) groups excluding carboxylic acids is 1. The lowest BCUT2D eigenvalue weighted by Crippen LogP contribution is -2.22. The molecule has 0 spiro atoms. The van der Waals surface area contributed by atoms with Crippen LogP contribution in [-0.2, 0) is 6.54 Å². The molecular weight excluding hydrogens is 380 g/mol. The number of ether oxygens (including phenoxy) is 1. The highest BCUT2D eigenvalue weighted by Gasteiger charge is 2.33. The third-order valence-electron chi connectivity index (χ3n) is 5.02. The third-order valence-corrected chi connectivity index (χ3v) is 6.68. The molecule has 1 fully saturated rings. The van der Waals surface area contributed by atoms with Gasteiger partial charge < -0.3 is 10.1 Å². The van der Waals surface area contributed by atoms with Crippen LogP contribution >= 0.6 is 22.9 Å². The van der Waals surface area contributed by atoms with Crippen molar-refractivity contribution in [3.8, 4) is 5.75 Å². The van der Waals surface area contributed by atoms with Gasteiger partial charge >= 0.3 is 0 Å². The minimum atomic E-state index is -0.0381. The summed E-state index contributed by atoms with van der Waals surface area (Å²) in [6.07, 6.45) is 2.24. The summed E-state index contributed by atoms with van der Waals surface area (Å²) < 4.78 is 5.17. The van der Waals surface area contributed by atoms with Crippen molar-refractivity contribution in [1.82, 2.24) is 10.3 Å². The van der Waals surface area contributed by atoms with Crippen molar-refractivity contribution >= 4 is 39.1 Å². The summed E-state index contributed by atoms with van der Waals surface area (Å²) >= 11 is 7.92. The molecule has 0 atom stereocenters. The van der Waals surface area contributed by atoms with Gasteiger partial charge in [0.15, 0.2) is 0 Å². The van der Waals surface area contributed by atoms with Gasteiger partial charge in [0.2, 0.25) is 0 Å². The predicted octanol–water partition coefficient (Wildman–Crippen LogP) is 5.38. The number of aromatic nitrogens is 1. The van der Waals surface area contributed by atoms with Gasteiger partial charge in [-0.2, -0.15) is 0 Å². The first-order chi connectivity index (χ1) is 13.0. The number of hydrogen-bond donors (Lipinski definition) is 1. The monoisotopic (exact) mass is 400 g/mol. The molecule has 2 heterocycles. The smallest absolute Gasteiger partial charge is 0.262 e. The molecule has 27 heavy (non-hydrogen) atoms. The van der Waals surface area contributed by atoms with Gasteiger partial charge in [-0.15, -0.1) is 11.3 Å². The van der Waals surface area contributed by atoms with Crippen molar-refractivity contribution < 1.29 is 9.53 Å². The molecule has 2 aromatic heterocycles. The van der Waals surface area contributed by atoms with E-state index in [0.717, 1.165) is 56.1 Å². The van der Waals surface area contributed by atoms with Crippen LogP contribution in [0.25, 0.3) is 10.2 Å². The molecule has 1 aromatic carbocycles. The van der Waals surface area contributed by atoms with E-state index in [2.05, 4.69) is 10.3 Å². The molecule has 140 valence electrons. The topological polar surface area (TPSA) is 51.2 Å². The first-order valence-corrected chi connectivity index (χ1v) is 10.2. The van der Waals surface area contributed by atoms with E-state index in [0.29, 0.717) is 17.5 Å². The van der Waals surface area contributed by atoms with E-state index >= 15 is 0 Å². The summed E-state index contributed by atoms with van der Waals surface area (Å²) in [6.45, 7) is 4.42. The molecule has 0 unspecified atom stereocenters. The number of pyridine rings is 1. The Bertz CT molecular complexity index is 1020. The maximum Gasteiger partial charge on any atom is 0.262 e. The Morgan fingerprint density at radius 2 is 2.00 bits per heavy atom. The number of thiophene rings is 1. The number of rotatable bonds is 5. The Balaban J connectivity index is 1.65. The lowest BCUT2D eigenvalue weighted by atomic mass is 10.0. The van der Waals surface area contributed by atoms with E-state index in [1.54, 1.807) is 7.11 Å². The number of nitrogens with zero attached hydrogens (tertiary/aromatic N) is 1. The number of nitrogens with one attached hydrogen (secondary N) is 1. The predicted molar refractivity (Wildman–Crippen MR) is 110 cm³/mol. The largest absolute Gasteiger partial charge is 0.497 e. The van der Waals surface area contributed by atoms with Gasteiger partial charge in [0.1, 0.15) is 10.6 Å². The number of halogens is 1. The van der Waals surface area contributed by atoms with Crippen molar-refractivity contribution in [3.63, 3.8) is 0 Å². The van der Waals surface area contributed by atoms with Crippen LogP contribution < -0.4 is 10.1 Å². The maximum atomic E-state index is 13.0. The molecular formula is C21H21ClN2O2S. The molecule has 0 aliphatic heterocycles. The fourth-order valence-electron chi connectivity index (χ4n) is 3.39. The van der Waals surface area contributed by atoms with Gasteiger partial charge in [-0.25, -0.2) is 4.98 Å². The lowest BCUT2D eigenvalue weighted by molar-refractivity contribution is 0.0954. The van der Waals surface area contributed by atoms with Crippen molar-refractivity contribution in [2.24, 2.45) is 0 Å². The minimum Gasteiger partial charge on any atom is -0.497 e. The van der Waals surface area contributed by atoms with Gasteiger partial charge in [0.25, 0.3) is 5.91 Å². The molecule has 1 aliphatic rings. The molecule has 0 saturated heterocycles. The summed E-state index contributed by atoms with van der Waals surface area (Å²) in [5.41, 5.74) is 4.02. The summed E-state index contributed by atoms with van der Waals surface area (Å²) in [5, 5.41) is 4.83. The van der Waals surface area contributed by atoms with Crippen molar-refractivity contribution in [3.05, 3.63) is 56.5 Å². The van der Waals surface area contributed by atoms with E-state index in [1.807, 2.05) is 38.1 Å². The lowest BCUT2D eigenvalue weighted by Gasteiger charge is -2.08. The second kappa shape index (κ2) is 7.13. The number of fused-ring (bicyclic) bond motifs is 1. The second-order valence-electron chi connectivity index (χ2n) is 6.97. The van der Waals surface area contributed by atoms with Gasteiger partial charge in [0, 0.05) is 11.9 Å². The van der Waals surface area contributed by atoms with E-state index in [4.69, 9.17) is 16.3 Å². The highest BCUT2D eigenvalue weighted by atomic mass is 35.5. The maximum absolute atomic E-state index is 13.0. The van der Waals surface area contributed by atoms with Crippen molar-refractivity contribution in [2.75, 3.05) is 7.11 Å². The van der Waals surface area contributed by atoms with Crippen molar-refractivity contribution in [1.29, 1.82) is 0 Å². The first kappa shape index (κ1) is 18.3. The zero-order valence-corrected chi connectivity index (χ0v) is 17.1. The summed E-state index contributed by atoms with van der Waals surface area (Å²) in [4.78, 5) is 19.3. The Kier molecular flexibility index (Phi) is 4.82. The fourth-order valence-corrected chi connectivity index (χ4v) is 4.81. The Morgan fingerprint density at radius 3 is 2.63 bits per heavy atom. The molecule has 1 N–H and O–H groups in total. The molecule has 4 nitrogen and oxygen atoms in total. The molecule has 1 aliphatic carbocycles. The molecule has 6 heteroatoms. The number of amides is 1. The van der Waals surface area contributed by atoms with Crippen LogP contribution in [0.1, 0.15) is 50.8 Å². The van der Waals surface area contributed by atoms with Gasteiger partial charge in [-0.3, -0.25) is 4.79 Å². The van der Waals surface area contributed by atoms with E-state index < -0.39 is 0 Å². The van der Waals surface area contributed by atoms with Crippen molar-refractivity contribution in [2.45, 2.75) is 39.2 Å². The third kappa shape index (κ3) is 3.42. The SMILES string of the molecule is COc1ccc(CNC(=O)c2sc3nc(C)c(Cl)c(C)c3c2C2CC2)cc1. The zero-order chi connectivity index (χ0) is 19.1. The van der Waals surface area contributed by atoms with Crippen LogP contribution in [0.3, 0.4) is 0 Å². The first-order valence-electron chi connectivity index (χ1n) is 8.99. The molecule has 1 amide bonds. The van der Waals surface area contributed by atoms with Crippen LogP contribution in [0.5, 0.6) is 5.75 Å². The quantitative estimate of drug-likeness (QED) is 0.625. The number of hydrogen-bond acceptors (Lipinski definition) is 4. The van der Waals surface area contributed by atoms with E-state index in [1.165, 1.54) is 11.3 Å². The summed E-state index contributed by atoms with van der Waals surface area (Å²) in [5.74, 6) is 1.21.